The van der Waals surface area contributed by atoms with Crippen LogP contribution in [0.25, 0.3) is 11.3 Å². The Morgan fingerprint density at radius 1 is 1.12 bits per heavy atom. The lowest BCUT2D eigenvalue weighted by Crippen LogP contribution is -2.37. The second kappa shape index (κ2) is 8.86. The summed E-state index contributed by atoms with van der Waals surface area (Å²) in [6, 6.07) is 12.2. The molecular formula is C24H30N6O2. The van der Waals surface area contributed by atoms with Gasteiger partial charge in [-0.15, -0.1) is 5.10 Å². The number of carbonyl (C=O) groups is 1. The topological polar surface area (TPSA) is 78.1 Å². The van der Waals surface area contributed by atoms with Crippen molar-refractivity contribution in [2.45, 2.75) is 37.8 Å². The van der Waals surface area contributed by atoms with Gasteiger partial charge < -0.3 is 9.64 Å². The highest BCUT2D eigenvalue weighted by atomic mass is 16.5. The molecule has 1 saturated carbocycles. The molecule has 8 nitrogen and oxygen atoms in total. The van der Waals surface area contributed by atoms with E-state index in [1.807, 2.05) is 59.0 Å². The van der Waals surface area contributed by atoms with Crippen molar-refractivity contribution < 1.29 is 9.53 Å². The minimum atomic E-state index is 0.0751. The van der Waals surface area contributed by atoms with Gasteiger partial charge in [0.1, 0.15) is 5.69 Å². The van der Waals surface area contributed by atoms with Crippen LogP contribution in [-0.2, 0) is 23.0 Å². The summed E-state index contributed by atoms with van der Waals surface area (Å²) >= 11 is 0. The summed E-state index contributed by atoms with van der Waals surface area (Å²) in [5.41, 5.74) is 3.03. The van der Waals surface area contributed by atoms with Gasteiger partial charge in [-0.1, -0.05) is 35.5 Å². The Balaban J connectivity index is 1.25. The third-order valence-corrected chi connectivity index (χ3v) is 7.18. The lowest BCUT2D eigenvalue weighted by atomic mass is 9.77. The SMILES string of the molecule is CO[C@@H]1C[C@H]2CN(C(=O)CCc3ccnn3C)C[C@H]2C[C@H]1n1cc(-c2ccccc2)nn1. The number of nitrogens with zero attached hydrogens (tertiary/aromatic N) is 6. The normalized spacial score (nSPS) is 25.1. The lowest BCUT2D eigenvalue weighted by Gasteiger charge is -2.36. The first-order chi connectivity index (χ1) is 15.6. The molecule has 8 heteroatoms. The molecule has 0 radical (unpaired) electrons. The highest BCUT2D eigenvalue weighted by molar-refractivity contribution is 5.76. The molecule has 4 atom stereocenters. The fourth-order valence-corrected chi connectivity index (χ4v) is 5.35. The van der Waals surface area contributed by atoms with Gasteiger partial charge in [-0.2, -0.15) is 5.10 Å². The number of fused-ring (bicyclic) bond motifs is 1. The maximum absolute atomic E-state index is 12.9. The average molecular weight is 435 g/mol. The van der Waals surface area contributed by atoms with Gasteiger partial charge in [-0.3, -0.25) is 9.48 Å². The minimum absolute atomic E-state index is 0.0751. The maximum Gasteiger partial charge on any atom is 0.222 e. The van der Waals surface area contributed by atoms with Crippen LogP contribution < -0.4 is 0 Å². The quantitative estimate of drug-likeness (QED) is 0.596. The minimum Gasteiger partial charge on any atom is -0.379 e. The second-order valence-electron chi connectivity index (χ2n) is 9.03. The predicted octanol–water partition coefficient (Wildman–Crippen LogP) is 2.74. The molecule has 2 aliphatic rings. The molecular weight excluding hydrogens is 404 g/mol. The zero-order chi connectivity index (χ0) is 22.1. The Labute approximate surface area is 188 Å². The maximum atomic E-state index is 12.9. The van der Waals surface area contributed by atoms with E-state index in [9.17, 15) is 4.79 Å². The predicted molar refractivity (Wildman–Crippen MR) is 120 cm³/mol. The third kappa shape index (κ3) is 4.07. The van der Waals surface area contributed by atoms with Gasteiger partial charge in [-0.25, -0.2) is 4.68 Å². The number of ether oxygens (including phenoxy) is 1. The molecule has 1 aliphatic heterocycles. The van der Waals surface area contributed by atoms with E-state index in [0.29, 0.717) is 18.3 Å². The summed E-state index contributed by atoms with van der Waals surface area (Å²) in [4.78, 5) is 14.9. The standard InChI is InChI=1S/C24H30N6O2/c1-28-20(10-11-25-28)8-9-24(31)29-14-18-12-22(23(32-2)13-19(18)15-29)30-16-21(26-27-30)17-6-4-3-5-7-17/h3-7,10-11,16,18-19,22-23H,8-9,12-15H2,1-2H3/t18-,19+,22-,23-/m1/s1. The van der Waals surface area contributed by atoms with E-state index in [0.717, 1.165) is 49.3 Å². The zero-order valence-electron chi connectivity index (χ0n) is 18.7. The van der Waals surface area contributed by atoms with E-state index in [1.165, 1.54) is 0 Å². The van der Waals surface area contributed by atoms with Gasteiger partial charge in [0.2, 0.25) is 5.91 Å². The van der Waals surface area contributed by atoms with Gasteiger partial charge >= 0.3 is 0 Å². The van der Waals surface area contributed by atoms with Gasteiger partial charge in [-0.05, 0) is 37.2 Å². The molecule has 3 heterocycles. The Morgan fingerprint density at radius 2 is 1.91 bits per heavy atom. The van der Waals surface area contributed by atoms with Gasteiger partial charge in [0.25, 0.3) is 0 Å². The van der Waals surface area contributed by atoms with Crippen molar-refractivity contribution in [3.8, 4) is 11.3 Å². The lowest BCUT2D eigenvalue weighted by molar-refractivity contribution is -0.130. The molecule has 0 N–H and O–H groups in total. The average Bonchev–Trinajstić information content (AvgIpc) is 3.56. The smallest absolute Gasteiger partial charge is 0.222 e. The van der Waals surface area contributed by atoms with Crippen LogP contribution in [0.1, 0.15) is 31.0 Å². The van der Waals surface area contributed by atoms with Crippen molar-refractivity contribution in [1.82, 2.24) is 29.7 Å². The summed E-state index contributed by atoms with van der Waals surface area (Å²) in [6.45, 7) is 1.65. The van der Waals surface area contributed by atoms with Crippen molar-refractivity contribution in [3.63, 3.8) is 0 Å². The number of carbonyl (C=O) groups excluding carboxylic acids is 1. The van der Waals surface area contributed by atoms with E-state index >= 15 is 0 Å². The Morgan fingerprint density at radius 3 is 2.62 bits per heavy atom. The molecule has 0 unspecified atom stereocenters. The number of benzene rings is 1. The van der Waals surface area contributed by atoms with Crippen LogP contribution in [0.5, 0.6) is 0 Å². The molecule has 0 spiro atoms. The van der Waals surface area contributed by atoms with Gasteiger partial charge in [0.05, 0.1) is 18.3 Å². The Hall–Kier alpha value is -3.00. The first-order valence-corrected chi connectivity index (χ1v) is 11.4. The molecule has 1 aliphatic carbocycles. The second-order valence-corrected chi connectivity index (χ2v) is 9.03. The van der Waals surface area contributed by atoms with Gasteiger partial charge in [0.15, 0.2) is 0 Å². The number of aryl methyl sites for hydroxylation is 2. The molecule has 168 valence electrons. The van der Waals surface area contributed by atoms with Crippen LogP contribution in [0.3, 0.4) is 0 Å². The highest BCUT2D eigenvalue weighted by Crippen LogP contribution is 2.42. The van der Waals surface area contributed by atoms with E-state index in [2.05, 4.69) is 20.3 Å². The Kier molecular flexibility index (Phi) is 5.78. The van der Waals surface area contributed by atoms with E-state index in [-0.39, 0.29) is 18.1 Å². The van der Waals surface area contributed by atoms with Crippen molar-refractivity contribution in [3.05, 3.63) is 54.5 Å². The van der Waals surface area contributed by atoms with Crippen LogP contribution in [0.2, 0.25) is 0 Å². The number of aromatic nitrogens is 5. The molecule has 2 aromatic heterocycles. The van der Waals surface area contributed by atoms with Gasteiger partial charge in [0, 0.05) is 51.1 Å². The molecule has 1 saturated heterocycles. The molecule has 1 aromatic carbocycles. The monoisotopic (exact) mass is 434 g/mol. The number of methoxy groups -OCH3 is 1. The number of hydrogen-bond acceptors (Lipinski definition) is 5. The third-order valence-electron chi connectivity index (χ3n) is 7.18. The largest absolute Gasteiger partial charge is 0.379 e. The van der Waals surface area contributed by atoms with Crippen LogP contribution in [0.15, 0.2) is 48.8 Å². The van der Waals surface area contributed by atoms with Crippen LogP contribution in [-0.4, -0.2) is 61.9 Å². The number of rotatable bonds is 6. The fourth-order valence-electron chi connectivity index (χ4n) is 5.35. The van der Waals surface area contributed by atoms with Crippen molar-refractivity contribution in [2.24, 2.45) is 18.9 Å². The summed E-state index contributed by atoms with van der Waals surface area (Å²) in [6.07, 6.45) is 7.03. The van der Waals surface area contributed by atoms with E-state index < -0.39 is 0 Å². The summed E-state index contributed by atoms with van der Waals surface area (Å²) in [5.74, 6) is 1.18. The Bertz CT molecular complexity index is 1060. The van der Waals surface area contributed by atoms with Crippen molar-refractivity contribution in [2.75, 3.05) is 20.2 Å². The van der Waals surface area contributed by atoms with Crippen LogP contribution in [0, 0.1) is 11.8 Å². The molecule has 5 rings (SSSR count). The van der Waals surface area contributed by atoms with Crippen LogP contribution in [0.4, 0.5) is 0 Å². The zero-order valence-corrected chi connectivity index (χ0v) is 18.7. The summed E-state index contributed by atoms with van der Waals surface area (Å²) in [5, 5.41) is 13.0. The van der Waals surface area contributed by atoms with Crippen LogP contribution >= 0.6 is 0 Å². The van der Waals surface area contributed by atoms with E-state index in [4.69, 9.17) is 4.74 Å². The molecule has 0 bridgehead atoms. The number of likely N-dealkylation sites (tertiary alicyclic amines) is 1. The van der Waals surface area contributed by atoms with Crippen molar-refractivity contribution >= 4 is 5.91 Å². The van der Waals surface area contributed by atoms with E-state index in [1.54, 1.807) is 13.3 Å². The fraction of sp³-hybridized carbons (Fsp3) is 0.500. The number of amides is 1. The molecule has 1 amide bonds. The number of hydrogen-bond donors (Lipinski definition) is 0. The summed E-state index contributed by atoms with van der Waals surface area (Å²) in [7, 11) is 3.70. The van der Waals surface area contributed by atoms with Crippen molar-refractivity contribution in [1.29, 1.82) is 0 Å². The summed E-state index contributed by atoms with van der Waals surface area (Å²) < 4.78 is 9.70. The first kappa shape index (κ1) is 20.9. The molecule has 2 fully saturated rings. The molecule has 32 heavy (non-hydrogen) atoms. The highest BCUT2D eigenvalue weighted by Gasteiger charge is 2.44. The molecule has 3 aromatic rings. The first-order valence-electron chi connectivity index (χ1n) is 11.4.